The van der Waals surface area contributed by atoms with Gasteiger partial charge in [0.15, 0.2) is 0 Å². The SMILES string of the molecule is CCOC(=O)CN(C)c1cnc2cc(CN)c(-c3ccc(Cl)cc3Cl)cn12. The average Bonchev–Trinajstić information content (AvgIpc) is 3.03. The Morgan fingerprint density at radius 1 is 1.30 bits per heavy atom. The van der Waals surface area contributed by atoms with Gasteiger partial charge in [0.05, 0.1) is 12.8 Å². The minimum Gasteiger partial charge on any atom is -0.465 e. The summed E-state index contributed by atoms with van der Waals surface area (Å²) in [6.07, 6.45) is 3.64. The smallest absolute Gasteiger partial charge is 0.325 e. The number of rotatable bonds is 6. The predicted molar refractivity (Wildman–Crippen MR) is 108 cm³/mol. The largest absolute Gasteiger partial charge is 0.465 e. The first-order valence-corrected chi connectivity index (χ1v) is 9.22. The van der Waals surface area contributed by atoms with Gasteiger partial charge in [0, 0.05) is 41.0 Å². The Bertz CT molecular complexity index is 987. The summed E-state index contributed by atoms with van der Waals surface area (Å²) in [6, 6.07) is 7.27. The Labute approximate surface area is 167 Å². The molecule has 2 N–H and O–H groups in total. The lowest BCUT2D eigenvalue weighted by atomic mass is 10.0. The summed E-state index contributed by atoms with van der Waals surface area (Å²) in [4.78, 5) is 18.0. The summed E-state index contributed by atoms with van der Waals surface area (Å²) in [7, 11) is 1.81. The molecular weight excluding hydrogens is 387 g/mol. The van der Waals surface area contributed by atoms with Gasteiger partial charge in [-0.3, -0.25) is 9.20 Å². The van der Waals surface area contributed by atoms with Gasteiger partial charge in [-0.1, -0.05) is 29.3 Å². The van der Waals surface area contributed by atoms with E-state index in [0.717, 1.165) is 28.2 Å². The van der Waals surface area contributed by atoms with Crippen molar-refractivity contribution in [1.29, 1.82) is 0 Å². The third kappa shape index (κ3) is 4.03. The summed E-state index contributed by atoms with van der Waals surface area (Å²) in [5.74, 6) is 0.461. The highest BCUT2D eigenvalue weighted by Crippen LogP contribution is 2.34. The van der Waals surface area contributed by atoms with Gasteiger partial charge >= 0.3 is 5.97 Å². The molecule has 6 nitrogen and oxygen atoms in total. The number of fused-ring (bicyclic) bond motifs is 1. The van der Waals surface area contributed by atoms with Crippen LogP contribution in [0.25, 0.3) is 16.8 Å². The standard InChI is InChI=1S/C19H20Cl2N4O2/c1-3-27-19(26)11-24(2)18-9-23-17-6-12(8-22)15(10-25(17)18)14-5-4-13(20)7-16(14)21/h4-7,9-10H,3,8,11,22H2,1-2H3. The van der Waals surface area contributed by atoms with Gasteiger partial charge < -0.3 is 15.4 Å². The van der Waals surface area contributed by atoms with Crippen molar-refractivity contribution < 1.29 is 9.53 Å². The fourth-order valence-corrected chi connectivity index (χ4v) is 3.44. The van der Waals surface area contributed by atoms with Gasteiger partial charge in [-0.25, -0.2) is 4.98 Å². The molecule has 2 aromatic heterocycles. The Morgan fingerprint density at radius 2 is 2.07 bits per heavy atom. The number of nitrogens with two attached hydrogens (primary N) is 1. The maximum absolute atomic E-state index is 11.8. The van der Waals surface area contributed by atoms with Crippen LogP contribution >= 0.6 is 23.2 Å². The molecule has 0 aliphatic heterocycles. The monoisotopic (exact) mass is 406 g/mol. The molecule has 3 aromatic rings. The molecule has 0 fully saturated rings. The van der Waals surface area contributed by atoms with E-state index in [1.807, 2.05) is 29.8 Å². The Hall–Kier alpha value is -2.28. The minimum absolute atomic E-state index is 0.122. The van der Waals surface area contributed by atoms with Crippen LogP contribution in [0, 0.1) is 0 Å². The molecule has 0 radical (unpaired) electrons. The van der Waals surface area contributed by atoms with E-state index in [0.29, 0.717) is 23.2 Å². The molecule has 8 heteroatoms. The lowest BCUT2D eigenvalue weighted by molar-refractivity contribution is -0.141. The highest BCUT2D eigenvalue weighted by atomic mass is 35.5. The Kier molecular flexibility index (Phi) is 5.89. The Morgan fingerprint density at radius 3 is 2.74 bits per heavy atom. The first-order valence-electron chi connectivity index (χ1n) is 8.46. The Balaban J connectivity index is 2.08. The second-order valence-corrected chi connectivity index (χ2v) is 6.89. The zero-order valence-corrected chi connectivity index (χ0v) is 16.6. The zero-order chi connectivity index (χ0) is 19.6. The number of ether oxygens (including phenoxy) is 1. The van der Waals surface area contributed by atoms with Crippen LogP contribution in [0.4, 0.5) is 5.82 Å². The van der Waals surface area contributed by atoms with Crippen LogP contribution in [0.3, 0.4) is 0 Å². The average molecular weight is 407 g/mol. The molecule has 0 unspecified atom stereocenters. The quantitative estimate of drug-likeness (QED) is 0.630. The second kappa shape index (κ2) is 8.17. The normalized spacial score (nSPS) is 11.0. The van der Waals surface area contributed by atoms with Crippen LogP contribution < -0.4 is 10.6 Å². The molecule has 0 saturated heterocycles. The minimum atomic E-state index is -0.297. The summed E-state index contributed by atoms with van der Waals surface area (Å²) in [5.41, 5.74) is 9.31. The van der Waals surface area contributed by atoms with Gasteiger partial charge in [-0.05, 0) is 30.7 Å². The van der Waals surface area contributed by atoms with E-state index in [9.17, 15) is 4.79 Å². The third-order valence-corrected chi connectivity index (χ3v) is 4.77. The van der Waals surface area contributed by atoms with Crippen LogP contribution in [0.2, 0.25) is 10.0 Å². The van der Waals surface area contributed by atoms with Gasteiger partial charge in [0.1, 0.15) is 18.0 Å². The lowest BCUT2D eigenvalue weighted by Crippen LogP contribution is -2.28. The molecule has 0 spiro atoms. The van der Waals surface area contributed by atoms with Crippen LogP contribution in [-0.4, -0.2) is 35.6 Å². The number of likely N-dealkylation sites (N-methyl/N-ethyl adjacent to an activating group) is 1. The van der Waals surface area contributed by atoms with E-state index >= 15 is 0 Å². The number of benzene rings is 1. The van der Waals surface area contributed by atoms with E-state index in [4.69, 9.17) is 33.7 Å². The summed E-state index contributed by atoms with van der Waals surface area (Å²) >= 11 is 12.4. The summed E-state index contributed by atoms with van der Waals surface area (Å²) in [6.45, 7) is 2.59. The highest BCUT2D eigenvalue weighted by Gasteiger charge is 2.16. The number of hydrogen-bond acceptors (Lipinski definition) is 5. The number of carbonyl (C=O) groups is 1. The van der Waals surface area contributed by atoms with Crippen molar-refractivity contribution in [3.63, 3.8) is 0 Å². The van der Waals surface area contributed by atoms with Gasteiger partial charge in [-0.15, -0.1) is 0 Å². The van der Waals surface area contributed by atoms with Crippen molar-refractivity contribution in [2.24, 2.45) is 5.73 Å². The molecule has 0 saturated carbocycles. The third-order valence-electron chi connectivity index (χ3n) is 4.22. The number of hydrogen-bond donors (Lipinski definition) is 1. The molecule has 0 aliphatic carbocycles. The van der Waals surface area contributed by atoms with Crippen molar-refractivity contribution in [2.75, 3.05) is 25.1 Å². The number of nitrogens with zero attached hydrogens (tertiary/aromatic N) is 3. The highest BCUT2D eigenvalue weighted by molar-refractivity contribution is 6.36. The number of aromatic nitrogens is 2. The maximum Gasteiger partial charge on any atom is 0.325 e. The number of anilines is 1. The molecule has 0 atom stereocenters. The van der Waals surface area contributed by atoms with Gasteiger partial charge in [0.2, 0.25) is 0 Å². The first kappa shape index (κ1) is 19.5. The lowest BCUT2D eigenvalue weighted by Gasteiger charge is -2.18. The zero-order valence-electron chi connectivity index (χ0n) is 15.1. The molecule has 0 bridgehead atoms. The summed E-state index contributed by atoms with van der Waals surface area (Å²) < 4.78 is 6.92. The van der Waals surface area contributed by atoms with Crippen molar-refractivity contribution in [2.45, 2.75) is 13.5 Å². The number of carbonyl (C=O) groups excluding carboxylic acids is 1. The molecule has 3 rings (SSSR count). The number of halogens is 2. The van der Waals surface area contributed by atoms with Crippen LogP contribution in [0.15, 0.2) is 36.7 Å². The first-order chi connectivity index (χ1) is 12.9. The molecule has 2 heterocycles. The van der Waals surface area contributed by atoms with E-state index in [1.54, 1.807) is 30.2 Å². The molecule has 142 valence electrons. The van der Waals surface area contributed by atoms with Crippen molar-refractivity contribution in [1.82, 2.24) is 9.38 Å². The number of pyridine rings is 1. The molecular formula is C19H20Cl2N4O2. The molecule has 0 aliphatic rings. The fraction of sp³-hybridized carbons (Fsp3) is 0.263. The van der Waals surface area contributed by atoms with E-state index < -0.39 is 0 Å². The maximum atomic E-state index is 11.8. The fourth-order valence-electron chi connectivity index (χ4n) is 2.93. The van der Waals surface area contributed by atoms with E-state index in [2.05, 4.69) is 4.98 Å². The number of imidazole rings is 1. The van der Waals surface area contributed by atoms with Crippen molar-refractivity contribution in [3.05, 3.63) is 52.3 Å². The van der Waals surface area contributed by atoms with Crippen LogP contribution in [0.5, 0.6) is 0 Å². The topological polar surface area (TPSA) is 72.9 Å². The second-order valence-electron chi connectivity index (χ2n) is 6.05. The van der Waals surface area contributed by atoms with Crippen LogP contribution in [-0.2, 0) is 16.1 Å². The molecule has 1 aromatic carbocycles. The predicted octanol–water partition coefficient (Wildman–Crippen LogP) is 3.77. The van der Waals surface area contributed by atoms with E-state index in [1.165, 1.54) is 0 Å². The van der Waals surface area contributed by atoms with Crippen molar-refractivity contribution >= 4 is 40.6 Å². The van der Waals surface area contributed by atoms with Crippen LogP contribution in [0.1, 0.15) is 12.5 Å². The molecule has 27 heavy (non-hydrogen) atoms. The van der Waals surface area contributed by atoms with Gasteiger partial charge in [-0.2, -0.15) is 0 Å². The van der Waals surface area contributed by atoms with Crippen molar-refractivity contribution in [3.8, 4) is 11.1 Å². The molecule has 0 amide bonds. The van der Waals surface area contributed by atoms with E-state index in [-0.39, 0.29) is 12.5 Å². The summed E-state index contributed by atoms with van der Waals surface area (Å²) in [5, 5.41) is 1.11. The number of esters is 1. The van der Waals surface area contributed by atoms with Gasteiger partial charge in [0.25, 0.3) is 0 Å².